The lowest BCUT2D eigenvalue weighted by molar-refractivity contribution is -0.138. The monoisotopic (exact) mass is 490 g/mol. The second-order valence-corrected chi connectivity index (χ2v) is 9.86. The molecule has 1 aromatic heterocycles. The summed E-state index contributed by atoms with van der Waals surface area (Å²) in [4.78, 5) is 12.2. The fourth-order valence-corrected chi connectivity index (χ4v) is 4.73. The van der Waals surface area contributed by atoms with Gasteiger partial charge in [0, 0.05) is 12.2 Å². The molecule has 2 aromatic carbocycles. The number of nitriles is 1. The SMILES string of the molecule is Cc1cc(C)n(-c2ccc(CNC(=O)CS(=O)(=O)Cc3ccc(C#N)cc3)c(C(F)(F)F)c2)n1. The van der Waals surface area contributed by atoms with Gasteiger partial charge in [-0.2, -0.15) is 23.5 Å². The molecule has 3 aromatic rings. The van der Waals surface area contributed by atoms with Crippen molar-refractivity contribution in [1.82, 2.24) is 15.1 Å². The molecule has 0 saturated heterocycles. The Labute approximate surface area is 194 Å². The van der Waals surface area contributed by atoms with Gasteiger partial charge in [-0.1, -0.05) is 18.2 Å². The normalized spacial score (nSPS) is 11.8. The van der Waals surface area contributed by atoms with E-state index < -0.39 is 45.5 Å². The van der Waals surface area contributed by atoms with E-state index in [9.17, 15) is 26.4 Å². The lowest BCUT2D eigenvalue weighted by Crippen LogP contribution is -2.31. The van der Waals surface area contributed by atoms with E-state index in [1.807, 2.05) is 6.07 Å². The zero-order valence-electron chi connectivity index (χ0n) is 18.3. The van der Waals surface area contributed by atoms with Crippen LogP contribution in [0.3, 0.4) is 0 Å². The number of hydrogen-bond donors (Lipinski definition) is 1. The highest BCUT2D eigenvalue weighted by atomic mass is 32.2. The highest BCUT2D eigenvalue weighted by molar-refractivity contribution is 7.91. The first-order chi connectivity index (χ1) is 15.9. The predicted molar refractivity (Wildman–Crippen MR) is 119 cm³/mol. The van der Waals surface area contributed by atoms with E-state index in [1.165, 1.54) is 41.1 Å². The maximum absolute atomic E-state index is 13.7. The standard InChI is InChI=1S/C23H21F3N4O3S/c1-15-9-16(2)30(29-15)20-8-7-19(21(10-20)23(24,25)26)12-28-22(31)14-34(32,33)13-18-5-3-17(11-27)4-6-18/h3-10H,12-14H2,1-2H3,(H,28,31). The predicted octanol–water partition coefficient (Wildman–Crippen LogP) is 3.61. The van der Waals surface area contributed by atoms with Gasteiger partial charge in [-0.15, -0.1) is 0 Å². The van der Waals surface area contributed by atoms with E-state index in [0.717, 1.165) is 6.07 Å². The van der Waals surface area contributed by atoms with E-state index in [2.05, 4.69) is 10.4 Å². The summed E-state index contributed by atoms with van der Waals surface area (Å²) in [5.74, 6) is -2.22. The molecule has 11 heteroatoms. The van der Waals surface area contributed by atoms with Crippen LogP contribution in [0.1, 0.15) is 33.6 Å². The quantitative estimate of drug-likeness (QED) is 0.545. The van der Waals surface area contributed by atoms with E-state index in [-0.39, 0.29) is 11.3 Å². The Kier molecular flexibility index (Phi) is 7.12. The van der Waals surface area contributed by atoms with Crippen molar-refractivity contribution < 1.29 is 26.4 Å². The Morgan fingerprint density at radius 1 is 1.12 bits per heavy atom. The summed E-state index contributed by atoms with van der Waals surface area (Å²) in [7, 11) is -3.87. The van der Waals surface area contributed by atoms with Gasteiger partial charge in [0.2, 0.25) is 5.91 Å². The van der Waals surface area contributed by atoms with Crippen LogP contribution in [0.5, 0.6) is 0 Å². The summed E-state index contributed by atoms with van der Waals surface area (Å²) in [5.41, 5.74) is 1.16. The van der Waals surface area contributed by atoms with Gasteiger partial charge in [0.25, 0.3) is 0 Å². The largest absolute Gasteiger partial charge is 0.416 e. The molecular formula is C23H21F3N4O3S. The minimum atomic E-state index is -4.69. The molecule has 0 aliphatic heterocycles. The number of nitrogens with one attached hydrogen (secondary N) is 1. The number of halogens is 3. The lowest BCUT2D eigenvalue weighted by Gasteiger charge is -2.16. The number of sulfone groups is 1. The molecule has 0 bridgehead atoms. The van der Waals surface area contributed by atoms with Gasteiger partial charge in [-0.25, -0.2) is 13.1 Å². The summed E-state index contributed by atoms with van der Waals surface area (Å²) in [6.45, 7) is 2.96. The molecule has 0 aliphatic carbocycles. The summed E-state index contributed by atoms with van der Waals surface area (Å²) < 4.78 is 67.1. The first-order valence-corrected chi connectivity index (χ1v) is 11.9. The van der Waals surface area contributed by atoms with Crippen LogP contribution in [0, 0.1) is 25.2 Å². The lowest BCUT2D eigenvalue weighted by atomic mass is 10.1. The Hall–Kier alpha value is -3.65. The molecule has 1 amide bonds. The van der Waals surface area contributed by atoms with Crippen molar-refractivity contribution in [1.29, 1.82) is 5.26 Å². The van der Waals surface area contributed by atoms with Crippen LogP contribution in [0.25, 0.3) is 5.69 Å². The minimum absolute atomic E-state index is 0.198. The van der Waals surface area contributed by atoms with Gasteiger partial charge in [-0.3, -0.25) is 4.79 Å². The molecule has 0 unspecified atom stereocenters. The summed E-state index contributed by atoms with van der Waals surface area (Å²) in [6.07, 6.45) is -4.69. The number of amides is 1. The highest BCUT2D eigenvalue weighted by Crippen LogP contribution is 2.33. The van der Waals surface area contributed by atoms with Crippen molar-refractivity contribution in [3.05, 3.63) is 82.2 Å². The first-order valence-electron chi connectivity index (χ1n) is 10.1. The maximum Gasteiger partial charge on any atom is 0.416 e. The van der Waals surface area contributed by atoms with Crippen LogP contribution in [0.2, 0.25) is 0 Å². The topological polar surface area (TPSA) is 105 Å². The van der Waals surface area contributed by atoms with E-state index >= 15 is 0 Å². The van der Waals surface area contributed by atoms with Gasteiger partial charge in [0.15, 0.2) is 9.84 Å². The van der Waals surface area contributed by atoms with Crippen LogP contribution < -0.4 is 5.32 Å². The Bertz CT molecular complexity index is 1360. The number of benzene rings is 2. The molecule has 178 valence electrons. The van der Waals surface area contributed by atoms with Gasteiger partial charge in [0.1, 0.15) is 5.75 Å². The van der Waals surface area contributed by atoms with Crippen LogP contribution in [0.15, 0.2) is 48.5 Å². The number of aromatic nitrogens is 2. The molecule has 1 heterocycles. The number of carbonyl (C=O) groups excluding carboxylic acids is 1. The van der Waals surface area contributed by atoms with Crippen LogP contribution in [-0.4, -0.2) is 29.9 Å². The molecule has 0 saturated carbocycles. The number of hydrogen-bond acceptors (Lipinski definition) is 5. The van der Waals surface area contributed by atoms with Crippen molar-refractivity contribution >= 4 is 15.7 Å². The molecule has 0 spiro atoms. The first kappa shape index (κ1) is 25.0. The third kappa shape index (κ3) is 6.23. The molecule has 0 radical (unpaired) electrons. The Balaban J connectivity index is 1.71. The van der Waals surface area contributed by atoms with Crippen molar-refractivity contribution in [2.75, 3.05) is 5.75 Å². The third-order valence-corrected chi connectivity index (χ3v) is 6.42. The Morgan fingerprint density at radius 3 is 2.35 bits per heavy atom. The average molecular weight is 491 g/mol. The number of alkyl halides is 3. The van der Waals surface area contributed by atoms with Crippen LogP contribution >= 0.6 is 0 Å². The second kappa shape index (κ2) is 9.69. The minimum Gasteiger partial charge on any atom is -0.351 e. The van der Waals surface area contributed by atoms with Gasteiger partial charge in [-0.05, 0) is 55.3 Å². The van der Waals surface area contributed by atoms with E-state index in [4.69, 9.17) is 5.26 Å². The van der Waals surface area contributed by atoms with Crippen LogP contribution in [0.4, 0.5) is 13.2 Å². The van der Waals surface area contributed by atoms with Crippen LogP contribution in [-0.2, 0) is 33.1 Å². The zero-order valence-corrected chi connectivity index (χ0v) is 19.2. The average Bonchev–Trinajstić information content (AvgIpc) is 3.09. The van der Waals surface area contributed by atoms with Crippen molar-refractivity contribution in [3.63, 3.8) is 0 Å². The molecule has 1 N–H and O–H groups in total. The van der Waals surface area contributed by atoms with Crippen molar-refractivity contribution in [3.8, 4) is 11.8 Å². The maximum atomic E-state index is 13.7. The smallest absolute Gasteiger partial charge is 0.351 e. The van der Waals surface area contributed by atoms with Gasteiger partial charge in [0.05, 0.1) is 34.3 Å². The van der Waals surface area contributed by atoms with Crippen molar-refractivity contribution in [2.24, 2.45) is 0 Å². The summed E-state index contributed by atoms with van der Waals surface area (Å²) in [5, 5.41) is 15.2. The molecule has 0 aliphatic rings. The van der Waals surface area contributed by atoms with Gasteiger partial charge >= 0.3 is 6.18 Å². The molecule has 0 atom stereocenters. The fraction of sp³-hybridized carbons (Fsp3) is 0.261. The molecule has 0 fully saturated rings. The molecular weight excluding hydrogens is 469 g/mol. The third-order valence-electron chi connectivity index (χ3n) is 4.95. The van der Waals surface area contributed by atoms with E-state index in [0.29, 0.717) is 22.5 Å². The Morgan fingerprint density at radius 2 is 1.79 bits per heavy atom. The summed E-state index contributed by atoms with van der Waals surface area (Å²) in [6, 6.07) is 13.1. The zero-order chi connectivity index (χ0) is 25.1. The molecule has 7 nitrogen and oxygen atoms in total. The van der Waals surface area contributed by atoms with E-state index in [1.54, 1.807) is 19.9 Å². The number of aryl methyl sites for hydroxylation is 2. The fourth-order valence-electron chi connectivity index (χ4n) is 3.43. The number of nitrogens with zero attached hydrogens (tertiary/aromatic N) is 3. The molecule has 34 heavy (non-hydrogen) atoms. The second-order valence-electron chi connectivity index (χ2n) is 7.80. The number of carbonyl (C=O) groups is 1. The highest BCUT2D eigenvalue weighted by Gasteiger charge is 2.34. The van der Waals surface area contributed by atoms with Gasteiger partial charge < -0.3 is 5.32 Å². The van der Waals surface area contributed by atoms with Crippen molar-refractivity contribution in [2.45, 2.75) is 32.3 Å². The number of rotatable bonds is 7. The molecule has 3 rings (SSSR count). The summed E-state index contributed by atoms with van der Waals surface area (Å²) >= 11 is 0.